The fourth-order valence-corrected chi connectivity index (χ4v) is 9.14. The first-order chi connectivity index (χ1) is 18.6. The monoisotopic (exact) mass is 526 g/mol. The molecular weight excluding hydrogens is 492 g/mol. The normalized spacial score (nSPS) is 26.6. The second kappa shape index (κ2) is 9.57. The molecule has 2 aromatic carbocycles. The lowest BCUT2D eigenvalue weighted by molar-refractivity contribution is 0.0526. The number of hydrogen-bond acceptors (Lipinski definition) is 5. The number of nitrogens with one attached hydrogen (secondary N) is 2. The predicted octanol–water partition coefficient (Wildman–Crippen LogP) is 7.35. The Kier molecular flexibility index (Phi) is 6.03. The standard InChI is InChI=1S/C32H34N2O3S/c1-2-37-32(36)28-22-10-6-7-11-25(22)38-31(28)34-30(35)21-14-15-24-23(17-21)26-19-12-13-20(16-19)27(26)29(33-24)18-8-4-3-5-9-18/h3-5,8-9,14-15,17,19-20,26-27,29,33H,2,6-7,10-13,16H2,1H3,(H,34,35)/t19-,20-,26-,27+,29+/m0/s1. The van der Waals surface area contributed by atoms with Crippen LogP contribution < -0.4 is 10.6 Å². The van der Waals surface area contributed by atoms with Crippen LogP contribution in [0.2, 0.25) is 0 Å². The second-order valence-corrected chi connectivity index (χ2v) is 12.5. The van der Waals surface area contributed by atoms with E-state index in [1.807, 2.05) is 13.0 Å². The van der Waals surface area contributed by atoms with Gasteiger partial charge in [0, 0.05) is 16.1 Å². The maximum atomic E-state index is 13.6. The highest BCUT2D eigenvalue weighted by atomic mass is 32.1. The van der Waals surface area contributed by atoms with E-state index in [1.165, 1.54) is 35.3 Å². The molecule has 2 N–H and O–H groups in total. The van der Waals surface area contributed by atoms with Crippen LogP contribution in [-0.2, 0) is 17.6 Å². The summed E-state index contributed by atoms with van der Waals surface area (Å²) in [5.74, 6) is 1.98. The van der Waals surface area contributed by atoms with Crippen LogP contribution in [0.25, 0.3) is 0 Å². The van der Waals surface area contributed by atoms with Gasteiger partial charge in [-0.05, 0) is 110 Å². The lowest BCUT2D eigenvalue weighted by atomic mass is 9.68. The highest BCUT2D eigenvalue weighted by Crippen LogP contribution is 2.63. The summed E-state index contributed by atoms with van der Waals surface area (Å²) < 4.78 is 5.38. The number of ether oxygens (including phenoxy) is 1. The number of benzene rings is 2. The highest BCUT2D eigenvalue weighted by molar-refractivity contribution is 7.17. The van der Waals surface area contributed by atoms with E-state index in [0.717, 1.165) is 42.9 Å². The third kappa shape index (κ3) is 3.87. The summed E-state index contributed by atoms with van der Waals surface area (Å²) in [6.07, 6.45) is 7.90. The second-order valence-electron chi connectivity index (χ2n) is 11.4. The van der Waals surface area contributed by atoms with Gasteiger partial charge < -0.3 is 15.4 Å². The largest absolute Gasteiger partial charge is 0.462 e. The van der Waals surface area contributed by atoms with Gasteiger partial charge in [0.05, 0.1) is 18.2 Å². The summed E-state index contributed by atoms with van der Waals surface area (Å²) in [4.78, 5) is 27.7. The zero-order valence-electron chi connectivity index (χ0n) is 21.8. The molecule has 0 saturated heterocycles. The molecule has 6 heteroatoms. The lowest BCUT2D eigenvalue weighted by Crippen LogP contribution is -2.35. The first-order valence-corrected chi connectivity index (χ1v) is 15.0. The van der Waals surface area contributed by atoms with Crippen molar-refractivity contribution in [2.24, 2.45) is 17.8 Å². The number of aryl methyl sites for hydroxylation is 1. The van der Waals surface area contributed by atoms with Crippen LogP contribution in [-0.4, -0.2) is 18.5 Å². The number of rotatable bonds is 5. The molecule has 196 valence electrons. The smallest absolute Gasteiger partial charge is 0.341 e. The molecule has 0 unspecified atom stereocenters. The van der Waals surface area contributed by atoms with E-state index >= 15 is 0 Å². The Hall–Kier alpha value is -3.12. The topological polar surface area (TPSA) is 67.4 Å². The summed E-state index contributed by atoms with van der Waals surface area (Å²) in [6.45, 7) is 2.14. The van der Waals surface area contributed by atoms with Crippen molar-refractivity contribution in [2.75, 3.05) is 17.2 Å². The maximum absolute atomic E-state index is 13.6. The van der Waals surface area contributed by atoms with Crippen LogP contribution in [0.3, 0.4) is 0 Å². The number of carbonyl (C=O) groups is 2. The number of fused-ring (bicyclic) bond motifs is 8. The summed E-state index contributed by atoms with van der Waals surface area (Å²) in [6, 6.07) is 17.3. The van der Waals surface area contributed by atoms with Crippen LogP contribution in [0.4, 0.5) is 10.7 Å². The minimum atomic E-state index is -0.325. The summed E-state index contributed by atoms with van der Waals surface area (Å²) in [7, 11) is 0. The Morgan fingerprint density at radius 3 is 2.71 bits per heavy atom. The summed E-state index contributed by atoms with van der Waals surface area (Å²) in [5, 5.41) is 7.62. The first-order valence-electron chi connectivity index (χ1n) is 14.2. The third-order valence-corrected chi connectivity index (χ3v) is 10.6. The van der Waals surface area contributed by atoms with Gasteiger partial charge in [-0.15, -0.1) is 11.3 Å². The van der Waals surface area contributed by atoms with Crippen LogP contribution in [0.15, 0.2) is 48.5 Å². The number of amides is 1. The van der Waals surface area contributed by atoms with E-state index in [-0.39, 0.29) is 11.9 Å². The average molecular weight is 527 g/mol. The zero-order valence-corrected chi connectivity index (χ0v) is 22.6. The number of anilines is 2. The van der Waals surface area contributed by atoms with Crippen LogP contribution in [0, 0.1) is 17.8 Å². The first kappa shape index (κ1) is 24.0. The Labute approximate surface area is 228 Å². The van der Waals surface area contributed by atoms with Crippen LogP contribution >= 0.6 is 11.3 Å². The quantitative estimate of drug-likeness (QED) is 0.341. The van der Waals surface area contributed by atoms with E-state index in [1.54, 1.807) is 11.3 Å². The molecular formula is C32H34N2O3S. The van der Waals surface area contributed by atoms with Crippen molar-refractivity contribution in [1.82, 2.24) is 0 Å². The van der Waals surface area contributed by atoms with Gasteiger partial charge in [0.2, 0.25) is 0 Å². The van der Waals surface area contributed by atoms with Crippen molar-refractivity contribution in [1.29, 1.82) is 0 Å². The minimum absolute atomic E-state index is 0.151. The Morgan fingerprint density at radius 2 is 1.87 bits per heavy atom. The Morgan fingerprint density at radius 1 is 1.05 bits per heavy atom. The van der Waals surface area contributed by atoms with E-state index in [9.17, 15) is 9.59 Å². The van der Waals surface area contributed by atoms with Gasteiger partial charge in [-0.2, -0.15) is 0 Å². The van der Waals surface area contributed by atoms with E-state index in [0.29, 0.717) is 46.5 Å². The van der Waals surface area contributed by atoms with E-state index < -0.39 is 0 Å². The molecule has 2 bridgehead atoms. The van der Waals surface area contributed by atoms with Crippen molar-refractivity contribution in [3.05, 3.63) is 81.2 Å². The SMILES string of the molecule is CCOC(=O)c1c(NC(=O)c2ccc3c(c2)[C@@H]2[C@H]4CC[C@@H](C4)[C@H]2[C@@H](c2ccccc2)N3)sc2c1CCCC2. The molecule has 2 saturated carbocycles. The molecule has 0 spiro atoms. The lowest BCUT2D eigenvalue weighted by Gasteiger charge is -2.43. The molecule has 3 aliphatic carbocycles. The highest BCUT2D eigenvalue weighted by Gasteiger charge is 2.53. The zero-order chi connectivity index (χ0) is 25.8. The molecule has 2 fully saturated rings. The van der Waals surface area contributed by atoms with Crippen molar-refractivity contribution in [3.63, 3.8) is 0 Å². The maximum Gasteiger partial charge on any atom is 0.341 e. The fraction of sp³-hybridized carbons (Fsp3) is 0.438. The Balaban J connectivity index is 1.21. The Bertz CT molecular complexity index is 1400. The fourth-order valence-electron chi connectivity index (χ4n) is 7.87. The number of hydrogen-bond donors (Lipinski definition) is 2. The van der Waals surface area contributed by atoms with Gasteiger partial charge in [0.15, 0.2) is 0 Å². The van der Waals surface area contributed by atoms with Crippen LogP contribution in [0.5, 0.6) is 0 Å². The van der Waals surface area contributed by atoms with Crippen molar-refractivity contribution < 1.29 is 14.3 Å². The molecule has 1 aromatic heterocycles. The third-order valence-electron chi connectivity index (χ3n) is 9.39. The van der Waals surface area contributed by atoms with Gasteiger partial charge in [0.25, 0.3) is 5.91 Å². The summed E-state index contributed by atoms with van der Waals surface area (Å²) in [5.41, 5.74) is 6.10. The average Bonchev–Trinajstić information content (AvgIpc) is 3.66. The minimum Gasteiger partial charge on any atom is -0.462 e. The van der Waals surface area contributed by atoms with Crippen LogP contribution in [0.1, 0.15) is 93.3 Å². The number of carbonyl (C=O) groups excluding carboxylic acids is 2. The molecule has 38 heavy (non-hydrogen) atoms. The van der Waals surface area contributed by atoms with Gasteiger partial charge in [0.1, 0.15) is 5.00 Å². The molecule has 0 radical (unpaired) electrons. The van der Waals surface area contributed by atoms with E-state index in [4.69, 9.17) is 4.74 Å². The van der Waals surface area contributed by atoms with Gasteiger partial charge in [-0.25, -0.2) is 4.79 Å². The van der Waals surface area contributed by atoms with E-state index in [2.05, 4.69) is 53.1 Å². The molecule has 2 heterocycles. The number of thiophene rings is 1. The predicted molar refractivity (Wildman–Crippen MR) is 151 cm³/mol. The van der Waals surface area contributed by atoms with Crippen molar-refractivity contribution in [2.45, 2.75) is 63.8 Å². The molecule has 1 aliphatic heterocycles. The molecule has 3 aromatic rings. The van der Waals surface area contributed by atoms with Crippen molar-refractivity contribution in [3.8, 4) is 0 Å². The molecule has 7 rings (SSSR count). The molecule has 1 amide bonds. The van der Waals surface area contributed by atoms with Crippen molar-refractivity contribution >= 4 is 33.9 Å². The molecule has 5 nitrogen and oxygen atoms in total. The molecule has 4 aliphatic rings. The molecule has 5 atom stereocenters. The van der Waals surface area contributed by atoms with Gasteiger partial charge >= 0.3 is 5.97 Å². The van der Waals surface area contributed by atoms with Gasteiger partial charge in [-0.1, -0.05) is 30.3 Å². The number of esters is 1. The van der Waals surface area contributed by atoms with Gasteiger partial charge in [-0.3, -0.25) is 4.79 Å². The summed E-state index contributed by atoms with van der Waals surface area (Å²) >= 11 is 1.55.